The molecule has 4 heteroatoms. The third-order valence-electron chi connectivity index (χ3n) is 1.63. The maximum absolute atomic E-state index is 10.8. The van der Waals surface area contributed by atoms with Crippen molar-refractivity contribution < 1.29 is 13.9 Å². The van der Waals surface area contributed by atoms with Gasteiger partial charge in [0.05, 0.1) is 18.6 Å². The van der Waals surface area contributed by atoms with Gasteiger partial charge in [-0.25, -0.2) is 4.79 Å². The second-order valence-electron chi connectivity index (χ2n) is 2.45. The van der Waals surface area contributed by atoms with E-state index in [-0.39, 0.29) is 5.75 Å². The zero-order chi connectivity index (χ0) is 10.6. The van der Waals surface area contributed by atoms with Crippen LogP contribution in [0.1, 0.15) is 0 Å². The molecule has 1 N–H and O–H groups in total. The summed E-state index contributed by atoms with van der Waals surface area (Å²) in [6.07, 6.45) is 0. The Hall–Kier alpha value is -1.84. The fourth-order valence-electron chi connectivity index (χ4n) is 1.09. The Bertz CT molecular complexity index is 476. The SMILES string of the molecule is CF.O=c1cc(O)c2ccccc2o1. The van der Waals surface area contributed by atoms with Gasteiger partial charge in [-0.05, 0) is 12.1 Å². The lowest BCUT2D eigenvalue weighted by Gasteiger charge is -1.96. The second kappa shape index (κ2) is 4.41. The van der Waals surface area contributed by atoms with Gasteiger partial charge in [0.1, 0.15) is 11.3 Å². The number of benzene rings is 1. The highest BCUT2D eigenvalue weighted by molar-refractivity contribution is 5.82. The fourth-order valence-corrected chi connectivity index (χ4v) is 1.09. The molecule has 2 rings (SSSR count). The number of para-hydroxylation sites is 1. The second-order valence-corrected chi connectivity index (χ2v) is 2.45. The summed E-state index contributed by atoms with van der Waals surface area (Å²) in [7, 11) is 0.500. The Kier molecular flexibility index (Phi) is 3.23. The number of halogens is 1. The van der Waals surface area contributed by atoms with Crippen molar-refractivity contribution in [1.29, 1.82) is 0 Å². The quantitative estimate of drug-likeness (QED) is 0.656. The number of aromatic hydroxyl groups is 1. The van der Waals surface area contributed by atoms with E-state index in [9.17, 15) is 14.3 Å². The number of hydrogen-bond donors (Lipinski definition) is 1. The zero-order valence-electron chi connectivity index (χ0n) is 7.53. The van der Waals surface area contributed by atoms with E-state index >= 15 is 0 Å². The van der Waals surface area contributed by atoms with Gasteiger partial charge in [0.15, 0.2) is 0 Å². The van der Waals surface area contributed by atoms with Crippen molar-refractivity contribution in [3.8, 4) is 5.75 Å². The molecule has 1 aromatic heterocycles. The maximum Gasteiger partial charge on any atom is 0.339 e. The third kappa shape index (κ3) is 1.90. The van der Waals surface area contributed by atoms with Crippen molar-refractivity contribution in [2.75, 3.05) is 7.18 Å². The van der Waals surface area contributed by atoms with Crippen LogP contribution < -0.4 is 5.63 Å². The van der Waals surface area contributed by atoms with E-state index in [4.69, 9.17) is 4.42 Å². The lowest BCUT2D eigenvalue weighted by molar-refractivity contribution is 0.468. The molecule has 0 radical (unpaired) electrons. The first-order valence-corrected chi connectivity index (χ1v) is 3.87. The van der Waals surface area contributed by atoms with Crippen molar-refractivity contribution in [2.24, 2.45) is 0 Å². The molecule has 0 bridgehead atoms. The Morgan fingerprint density at radius 1 is 1.29 bits per heavy atom. The summed E-state index contributed by atoms with van der Waals surface area (Å²) in [6, 6.07) is 7.89. The predicted molar refractivity (Wildman–Crippen MR) is 51.2 cm³/mol. The molecule has 0 unspecified atom stereocenters. The van der Waals surface area contributed by atoms with Crippen LogP contribution in [0.15, 0.2) is 39.5 Å². The molecule has 1 heterocycles. The van der Waals surface area contributed by atoms with E-state index in [0.29, 0.717) is 18.1 Å². The smallest absolute Gasteiger partial charge is 0.339 e. The van der Waals surface area contributed by atoms with Gasteiger partial charge >= 0.3 is 5.63 Å². The molecule has 74 valence electrons. The molecule has 0 saturated heterocycles. The van der Waals surface area contributed by atoms with Crippen molar-refractivity contribution in [3.05, 3.63) is 40.8 Å². The molecule has 0 atom stereocenters. The maximum atomic E-state index is 10.8. The summed E-state index contributed by atoms with van der Waals surface area (Å²) < 4.78 is 14.3. The number of alkyl halides is 1. The molecule has 0 saturated carbocycles. The molecule has 14 heavy (non-hydrogen) atoms. The topological polar surface area (TPSA) is 50.4 Å². The normalized spacial score (nSPS) is 9.29. The lowest BCUT2D eigenvalue weighted by Crippen LogP contribution is -1.94. The number of rotatable bonds is 0. The van der Waals surface area contributed by atoms with E-state index in [1.165, 1.54) is 0 Å². The minimum Gasteiger partial charge on any atom is -0.507 e. The molecule has 0 aliphatic heterocycles. The van der Waals surface area contributed by atoms with Crippen molar-refractivity contribution >= 4 is 11.0 Å². The van der Waals surface area contributed by atoms with Crippen LogP contribution in [0.3, 0.4) is 0 Å². The van der Waals surface area contributed by atoms with Gasteiger partial charge in [0.25, 0.3) is 0 Å². The highest BCUT2D eigenvalue weighted by Gasteiger charge is 2.01. The largest absolute Gasteiger partial charge is 0.507 e. The van der Waals surface area contributed by atoms with Crippen LogP contribution in [0, 0.1) is 0 Å². The summed E-state index contributed by atoms with van der Waals surface area (Å²) in [4.78, 5) is 10.8. The summed E-state index contributed by atoms with van der Waals surface area (Å²) >= 11 is 0. The van der Waals surface area contributed by atoms with E-state index < -0.39 is 5.63 Å². The van der Waals surface area contributed by atoms with Gasteiger partial charge in [-0.15, -0.1) is 0 Å². The summed E-state index contributed by atoms with van der Waals surface area (Å²) in [5.41, 5.74) is -0.131. The monoisotopic (exact) mass is 196 g/mol. The van der Waals surface area contributed by atoms with Gasteiger partial charge < -0.3 is 9.52 Å². The van der Waals surface area contributed by atoms with Crippen LogP contribution >= 0.6 is 0 Å². The van der Waals surface area contributed by atoms with Crippen LogP contribution in [0.4, 0.5) is 4.39 Å². The fraction of sp³-hybridized carbons (Fsp3) is 0.100. The summed E-state index contributed by atoms with van der Waals surface area (Å²) in [5.74, 6) is -0.0400. The first-order valence-electron chi connectivity index (χ1n) is 3.87. The zero-order valence-corrected chi connectivity index (χ0v) is 7.53. The Balaban J connectivity index is 0.000000461. The van der Waals surface area contributed by atoms with Crippen LogP contribution in [0.25, 0.3) is 11.0 Å². The molecule has 0 spiro atoms. The van der Waals surface area contributed by atoms with Crippen LogP contribution in [-0.4, -0.2) is 12.3 Å². The standard InChI is InChI=1S/C9H6O3.CH3F/c10-7-5-9(11)12-8-4-2-1-3-6(7)8;1-2/h1-5,10H;1H3. The number of fused-ring (bicyclic) bond motifs is 1. The molecule has 0 aliphatic rings. The van der Waals surface area contributed by atoms with E-state index in [0.717, 1.165) is 6.07 Å². The Morgan fingerprint density at radius 3 is 2.64 bits per heavy atom. The molecule has 0 fully saturated rings. The van der Waals surface area contributed by atoms with E-state index in [1.54, 1.807) is 24.3 Å². The van der Waals surface area contributed by atoms with Crippen molar-refractivity contribution in [3.63, 3.8) is 0 Å². The van der Waals surface area contributed by atoms with Gasteiger partial charge in [-0.3, -0.25) is 4.39 Å². The molecule has 0 aliphatic carbocycles. The molecular weight excluding hydrogens is 187 g/mol. The first kappa shape index (κ1) is 10.2. The first-order chi connectivity index (χ1) is 6.77. The highest BCUT2D eigenvalue weighted by atomic mass is 19.1. The van der Waals surface area contributed by atoms with Gasteiger partial charge in [-0.1, -0.05) is 12.1 Å². The average molecular weight is 196 g/mol. The van der Waals surface area contributed by atoms with Crippen LogP contribution in [0.2, 0.25) is 0 Å². The van der Waals surface area contributed by atoms with Crippen molar-refractivity contribution in [2.45, 2.75) is 0 Å². The predicted octanol–water partition coefficient (Wildman–Crippen LogP) is 2.08. The molecule has 3 nitrogen and oxygen atoms in total. The van der Waals surface area contributed by atoms with Crippen molar-refractivity contribution in [1.82, 2.24) is 0 Å². The minimum absolute atomic E-state index is 0.0400. The van der Waals surface area contributed by atoms with Crippen LogP contribution in [0.5, 0.6) is 5.75 Å². The van der Waals surface area contributed by atoms with Gasteiger partial charge in [0.2, 0.25) is 0 Å². The molecule has 1 aromatic carbocycles. The number of hydrogen-bond acceptors (Lipinski definition) is 3. The lowest BCUT2D eigenvalue weighted by atomic mass is 10.2. The Labute approximate surface area is 79.4 Å². The van der Waals surface area contributed by atoms with E-state index in [2.05, 4.69) is 0 Å². The van der Waals surface area contributed by atoms with Gasteiger partial charge in [0, 0.05) is 0 Å². The molecule has 2 aromatic rings. The van der Waals surface area contributed by atoms with Crippen LogP contribution in [-0.2, 0) is 0 Å². The minimum atomic E-state index is -0.536. The van der Waals surface area contributed by atoms with E-state index in [1.807, 2.05) is 0 Å². The average Bonchev–Trinajstić information content (AvgIpc) is 2.20. The molecular formula is C10H9FO3. The summed E-state index contributed by atoms with van der Waals surface area (Å²) in [5, 5.41) is 9.84. The Morgan fingerprint density at radius 2 is 1.93 bits per heavy atom. The third-order valence-corrected chi connectivity index (χ3v) is 1.63. The van der Waals surface area contributed by atoms with Gasteiger partial charge in [-0.2, -0.15) is 0 Å². The molecule has 0 amide bonds. The summed E-state index contributed by atoms with van der Waals surface area (Å²) in [6.45, 7) is 0. The highest BCUT2D eigenvalue weighted by Crippen LogP contribution is 2.20.